The molecule has 3 atom stereocenters. The minimum atomic E-state index is -0.528. The summed E-state index contributed by atoms with van der Waals surface area (Å²) in [5, 5.41) is 12.4. The average Bonchev–Trinajstić information content (AvgIpc) is 3.46. The van der Waals surface area contributed by atoms with Crippen LogP contribution < -0.4 is 5.32 Å². The molecule has 1 amide bonds. The summed E-state index contributed by atoms with van der Waals surface area (Å²) in [6, 6.07) is 33.3. The number of para-hydroxylation sites is 1. The van der Waals surface area contributed by atoms with Gasteiger partial charge in [-0.15, -0.1) is 11.3 Å². The van der Waals surface area contributed by atoms with E-state index in [-0.39, 0.29) is 24.7 Å². The molecule has 1 saturated heterocycles. The number of aliphatic hydroxyl groups excluding tert-OH is 1. The van der Waals surface area contributed by atoms with Crippen molar-refractivity contribution in [2.75, 3.05) is 5.75 Å². The number of carbonyl (C=O) groups is 1. The van der Waals surface area contributed by atoms with Crippen molar-refractivity contribution in [2.24, 2.45) is 0 Å². The standard InChI is InChI=1S/C33H30N2O4S2/c36-20-23-12-14-24(15-13-23)29-18-27(21-40-33-35-28-8-4-5-9-30(28)41-33)38-32(39-29)26-16-10-22(11-17-26)19-34-31(37)25-6-2-1-3-7-25/h1-17,27,29,32,36H,18-21H2,(H,34,37). The molecule has 6 rings (SSSR count). The quantitative estimate of drug-likeness (QED) is 0.181. The fourth-order valence-electron chi connectivity index (χ4n) is 4.77. The predicted octanol–water partition coefficient (Wildman–Crippen LogP) is 7.06. The van der Waals surface area contributed by atoms with E-state index in [0.29, 0.717) is 12.1 Å². The Balaban J connectivity index is 1.15. The zero-order valence-corrected chi connectivity index (χ0v) is 23.9. The normalized spacial score (nSPS) is 18.8. The number of carbonyl (C=O) groups excluding carboxylic acids is 1. The molecule has 2 N–H and O–H groups in total. The molecule has 0 bridgehead atoms. The Labute approximate surface area is 247 Å². The lowest BCUT2D eigenvalue weighted by Gasteiger charge is -2.36. The van der Waals surface area contributed by atoms with Gasteiger partial charge in [-0.25, -0.2) is 4.98 Å². The first-order chi connectivity index (χ1) is 20.1. The summed E-state index contributed by atoms with van der Waals surface area (Å²) < 4.78 is 15.2. The van der Waals surface area contributed by atoms with Crippen LogP contribution in [0.25, 0.3) is 10.2 Å². The smallest absolute Gasteiger partial charge is 0.251 e. The van der Waals surface area contributed by atoms with E-state index in [4.69, 9.17) is 14.5 Å². The molecule has 0 radical (unpaired) electrons. The van der Waals surface area contributed by atoms with Gasteiger partial charge in [0.1, 0.15) is 0 Å². The van der Waals surface area contributed by atoms with Gasteiger partial charge in [0.15, 0.2) is 10.6 Å². The minimum Gasteiger partial charge on any atom is -0.392 e. The monoisotopic (exact) mass is 582 g/mol. The van der Waals surface area contributed by atoms with Crippen LogP contribution in [0.15, 0.2) is 107 Å². The maximum absolute atomic E-state index is 12.4. The van der Waals surface area contributed by atoms with Crippen molar-refractivity contribution in [1.82, 2.24) is 10.3 Å². The highest BCUT2D eigenvalue weighted by Gasteiger charge is 2.32. The Hall–Kier alpha value is -3.53. The number of thioether (sulfide) groups is 1. The van der Waals surface area contributed by atoms with Crippen LogP contribution in [0.1, 0.15) is 51.4 Å². The molecule has 208 valence electrons. The molecule has 0 spiro atoms. The molecule has 0 saturated carbocycles. The second kappa shape index (κ2) is 13.0. The van der Waals surface area contributed by atoms with E-state index in [2.05, 4.69) is 11.4 Å². The Morgan fingerprint density at radius 1 is 0.878 bits per heavy atom. The Bertz CT molecular complexity index is 1560. The van der Waals surface area contributed by atoms with Crippen molar-refractivity contribution in [3.63, 3.8) is 0 Å². The summed E-state index contributed by atoms with van der Waals surface area (Å²) in [4.78, 5) is 17.2. The number of fused-ring (bicyclic) bond motifs is 1. The molecule has 8 heteroatoms. The van der Waals surface area contributed by atoms with Gasteiger partial charge >= 0.3 is 0 Å². The molecule has 1 aliphatic heterocycles. The predicted molar refractivity (Wildman–Crippen MR) is 163 cm³/mol. The van der Waals surface area contributed by atoms with Crippen molar-refractivity contribution in [3.8, 4) is 0 Å². The molecule has 1 aromatic heterocycles. The van der Waals surface area contributed by atoms with Crippen LogP contribution in [0, 0.1) is 0 Å². The maximum Gasteiger partial charge on any atom is 0.251 e. The second-order valence-electron chi connectivity index (χ2n) is 9.90. The molecular formula is C33H30N2O4S2. The van der Waals surface area contributed by atoms with E-state index < -0.39 is 6.29 Å². The van der Waals surface area contributed by atoms with E-state index in [1.54, 1.807) is 35.2 Å². The van der Waals surface area contributed by atoms with Crippen molar-refractivity contribution in [1.29, 1.82) is 0 Å². The fourth-order valence-corrected chi connectivity index (χ4v) is 6.88. The first-order valence-corrected chi connectivity index (χ1v) is 15.4. The van der Waals surface area contributed by atoms with E-state index in [0.717, 1.165) is 44.3 Å². The van der Waals surface area contributed by atoms with Gasteiger partial charge in [-0.05, 0) is 41.0 Å². The maximum atomic E-state index is 12.4. The van der Waals surface area contributed by atoms with Crippen molar-refractivity contribution < 1.29 is 19.4 Å². The number of nitrogens with zero attached hydrogens (tertiary/aromatic N) is 1. The number of benzene rings is 4. The third-order valence-electron chi connectivity index (χ3n) is 7.02. The molecule has 0 aliphatic carbocycles. The first-order valence-electron chi connectivity index (χ1n) is 13.6. The highest BCUT2D eigenvalue weighted by atomic mass is 32.2. The number of hydrogen-bond acceptors (Lipinski definition) is 7. The van der Waals surface area contributed by atoms with Gasteiger partial charge in [-0.3, -0.25) is 4.79 Å². The SMILES string of the molecule is O=C(NCc1ccc(C2OC(CSc3nc4ccccc4s3)CC(c3ccc(CO)cc3)O2)cc1)c1ccccc1. The van der Waals surface area contributed by atoms with E-state index in [1.165, 1.54) is 4.70 Å². The zero-order chi connectivity index (χ0) is 28.0. The third kappa shape index (κ3) is 6.86. The van der Waals surface area contributed by atoms with E-state index >= 15 is 0 Å². The number of thiazole rings is 1. The zero-order valence-electron chi connectivity index (χ0n) is 22.3. The molecule has 1 aliphatic rings. The topological polar surface area (TPSA) is 80.7 Å². The van der Waals surface area contributed by atoms with Gasteiger partial charge in [0.25, 0.3) is 5.91 Å². The van der Waals surface area contributed by atoms with Crippen LogP contribution in [0.4, 0.5) is 0 Å². The number of amides is 1. The van der Waals surface area contributed by atoms with Gasteiger partial charge in [0, 0.05) is 29.8 Å². The minimum absolute atomic E-state index is 0.0110. The molecule has 3 unspecified atom stereocenters. The second-order valence-corrected chi connectivity index (χ2v) is 12.2. The molecule has 2 heterocycles. The summed E-state index contributed by atoms with van der Waals surface area (Å²) in [6.07, 6.45) is 0.00169. The molecule has 41 heavy (non-hydrogen) atoms. The summed E-state index contributed by atoms with van der Waals surface area (Å²) in [7, 11) is 0. The van der Waals surface area contributed by atoms with Gasteiger partial charge in [-0.2, -0.15) is 0 Å². The highest BCUT2D eigenvalue weighted by Crippen LogP contribution is 2.40. The Morgan fingerprint density at radius 3 is 2.34 bits per heavy atom. The van der Waals surface area contributed by atoms with Crippen LogP contribution >= 0.6 is 23.1 Å². The number of nitrogens with one attached hydrogen (secondary N) is 1. The number of aromatic nitrogens is 1. The van der Waals surface area contributed by atoms with Gasteiger partial charge in [0.05, 0.1) is 29.0 Å². The lowest BCUT2D eigenvalue weighted by molar-refractivity contribution is -0.245. The average molecular weight is 583 g/mol. The number of ether oxygens (including phenoxy) is 2. The first kappa shape index (κ1) is 27.6. The van der Waals surface area contributed by atoms with Crippen LogP contribution in [0.3, 0.4) is 0 Å². The van der Waals surface area contributed by atoms with Crippen LogP contribution in [-0.4, -0.2) is 27.9 Å². The molecule has 1 fully saturated rings. The van der Waals surface area contributed by atoms with Crippen molar-refractivity contribution >= 4 is 39.2 Å². The van der Waals surface area contributed by atoms with Crippen LogP contribution in [-0.2, 0) is 22.6 Å². The van der Waals surface area contributed by atoms with Gasteiger partial charge < -0.3 is 19.9 Å². The molecule has 6 nitrogen and oxygen atoms in total. The van der Waals surface area contributed by atoms with Crippen molar-refractivity contribution in [2.45, 2.75) is 42.4 Å². The third-order valence-corrected chi connectivity index (χ3v) is 9.33. The number of aliphatic hydroxyl groups is 1. The largest absolute Gasteiger partial charge is 0.392 e. The molecule has 4 aromatic carbocycles. The molecule has 5 aromatic rings. The molecular weight excluding hydrogens is 553 g/mol. The van der Waals surface area contributed by atoms with Crippen molar-refractivity contribution in [3.05, 3.63) is 131 Å². The van der Waals surface area contributed by atoms with Gasteiger partial charge in [0.2, 0.25) is 0 Å². The van der Waals surface area contributed by atoms with Crippen LogP contribution in [0.5, 0.6) is 0 Å². The van der Waals surface area contributed by atoms with E-state index in [9.17, 15) is 9.90 Å². The lowest BCUT2D eigenvalue weighted by Crippen LogP contribution is -2.31. The summed E-state index contributed by atoms with van der Waals surface area (Å²) in [6.45, 7) is 0.443. The van der Waals surface area contributed by atoms with Gasteiger partial charge in [-0.1, -0.05) is 90.6 Å². The fraction of sp³-hybridized carbons (Fsp3) is 0.212. The summed E-state index contributed by atoms with van der Waals surface area (Å²) >= 11 is 3.42. The van der Waals surface area contributed by atoms with Crippen LogP contribution in [0.2, 0.25) is 0 Å². The Kier molecular flexibility index (Phi) is 8.74. The van der Waals surface area contributed by atoms with E-state index in [1.807, 2.05) is 84.9 Å². The summed E-state index contributed by atoms with van der Waals surface area (Å²) in [5.41, 5.74) is 5.51. The highest BCUT2D eigenvalue weighted by molar-refractivity contribution is 8.01. The number of rotatable bonds is 9. The Morgan fingerprint density at radius 2 is 1.59 bits per heavy atom. The summed E-state index contributed by atoms with van der Waals surface area (Å²) in [5.74, 6) is 0.659. The number of hydrogen-bond donors (Lipinski definition) is 2. The lowest BCUT2D eigenvalue weighted by atomic mass is 10.0.